The Balaban J connectivity index is 2.21. The summed E-state index contributed by atoms with van der Waals surface area (Å²) >= 11 is 3.48. The number of hydrazine groups is 1. The number of hydrogen-bond donors (Lipinski definition) is 3. The Bertz CT molecular complexity index is 783. The lowest BCUT2D eigenvalue weighted by Gasteiger charge is -2.20. The van der Waals surface area contributed by atoms with Crippen molar-refractivity contribution in [3.8, 4) is 0 Å². The molecule has 0 aliphatic rings. The number of nitrogen functional groups attached to an aromatic ring is 1. The predicted octanol–water partition coefficient (Wildman–Crippen LogP) is 3.13. The van der Waals surface area contributed by atoms with Crippen molar-refractivity contribution in [2.24, 2.45) is 5.84 Å². The van der Waals surface area contributed by atoms with Crippen LogP contribution in [0.2, 0.25) is 0 Å². The Morgan fingerprint density at radius 3 is 2.67 bits per heavy atom. The van der Waals surface area contributed by atoms with E-state index in [1.54, 1.807) is 6.20 Å². The highest BCUT2D eigenvalue weighted by molar-refractivity contribution is 9.10. The Labute approximate surface area is 131 Å². The number of anilines is 1. The first-order valence-electron chi connectivity index (χ1n) is 6.55. The number of rotatable bonds is 3. The fraction of sp³-hybridized carbons (Fsp3) is 0.0625. The first-order chi connectivity index (χ1) is 10.2. The molecule has 5 N–H and O–H groups in total. The van der Waals surface area contributed by atoms with E-state index in [0.717, 1.165) is 26.5 Å². The molecule has 0 fully saturated rings. The van der Waals surface area contributed by atoms with Gasteiger partial charge in [0, 0.05) is 27.3 Å². The highest BCUT2D eigenvalue weighted by Gasteiger charge is 2.18. The highest BCUT2D eigenvalue weighted by atomic mass is 79.9. The zero-order valence-corrected chi connectivity index (χ0v) is 12.8. The average molecular weight is 343 g/mol. The number of aromatic nitrogens is 1. The fourth-order valence-electron chi connectivity index (χ4n) is 2.50. The maximum absolute atomic E-state index is 6.11. The number of halogens is 1. The number of pyridine rings is 1. The number of nitrogens with two attached hydrogens (primary N) is 2. The molecule has 2 aromatic carbocycles. The van der Waals surface area contributed by atoms with Crippen LogP contribution in [0.1, 0.15) is 17.2 Å². The van der Waals surface area contributed by atoms with Gasteiger partial charge in [-0.25, -0.2) is 5.43 Å². The lowest BCUT2D eigenvalue weighted by molar-refractivity contribution is 0.641. The summed E-state index contributed by atoms with van der Waals surface area (Å²) in [4.78, 5) is 4.48. The molecule has 106 valence electrons. The minimum Gasteiger partial charge on any atom is -0.398 e. The molecule has 4 nitrogen and oxygen atoms in total. The molecule has 0 bridgehead atoms. The second-order valence-electron chi connectivity index (χ2n) is 4.80. The smallest absolute Gasteiger partial charge is 0.0753 e. The van der Waals surface area contributed by atoms with Gasteiger partial charge in [0.2, 0.25) is 0 Å². The molecule has 1 aromatic heterocycles. The third kappa shape index (κ3) is 2.63. The standard InChI is InChI=1S/C16H15BrN4/c17-11-6-7-14(18)13(9-11)16(21-19)12-5-1-3-10-4-2-8-20-15(10)12/h1-9,16,21H,18-19H2. The van der Waals surface area contributed by atoms with Gasteiger partial charge in [0.1, 0.15) is 0 Å². The Kier molecular flexibility index (Phi) is 3.88. The molecular formula is C16H15BrN4. The Morgan fingerprint density at radius 1 is 1.05 bits per heavy atom. The van der Waals surface area contributed by atoms with Gasteiger partial charge in [0.15, 0.2) is 0 Å². The van der Waals surface area contributed by atoms with Crippen LogP contribution in [0.4, 0.5) is 5.69 Å². The van der Waals surface area contributed by atoms with Crippen molar-refractivity contribution >= 4 is 32.5 Å². The maximum atomic E-state index is 6.11. The minimum atomic E-state index is -0.221. The van der Waals surface area contributed by atoms with Crippen LogP contribution in [0.5, 0.6) is 0 Å². The van der Waals surface area contributed by atoms with Gasteiger partial charge in [0.05, 0.1) is 11.6 Å². The zero-order valence-electron chi connectivity index (χ0n) is 11.3. The third-order valence-electron chi connectivity index (χ3n) is 3.50. The van der Waals surface area contributed by atoms with E-state index >= 15 is 0 Å². The van der Waals surface area contributed by atoms with Gasteiger partial charge in [0.25, 0.3) is 0 Å². The summed E-state index contributed by atoms with van der Waals surface area (Å²) in [5.74, 6) is 5.80. The summed E-state index contributed by atoms with van der Waals surface area (Å²) in [6.07, 6.45) is 1.78. The molecule has 0 aliphatic heterocycles. The van der Waals surface area contributed by atoms with E-state index in [0.29, 0.717) is 5.69 Å². The number of benzene rings is 2. The van der Waals surface area contributed by atoms with E-state index in [1.165, 1.54) is 0 Å². The van der Waals surface area contributed by atoms with Crippen molar-refractivity contribution in [2.45, 2.75) is 6.04 Å². The lowest BCUT2D eigenvalue weighted by Crippen LogP contribution is -2.29. The van der Waals surface area contributed by atoms with Gasteiger partial charge in [-0.15, -0.1) is 0 Å². The maximum Gasteiger partial charge on any atom is 0.0753 e. The van der Waals surface area contributed by atoms with Gasteiger partial charge >= 0.3 is 0 Å². The van der Waals surface area contributed by atoms with Crippen LogP contribution in [-0.4, -0.2) is 4.98 Å². The van der Waals surface area contributed by atoms with E-state index in [-0.39, 0.29) is 6.04 Å². The average Bonchev–Trinajstić information content (AvgIpc) is 2.51. The van der Waals surface area contributed by atoms with E-state index in [2.05, 4.69) is 26.3 Å². The van der Waals surface area contributed by atoms with Gasteiger partial charge in [-0.2, -0.15) is 0 Å². The molecule has 1 heterocycles. The van der Waals surface area contributed by atoms with Crippen molar-refractivity contribution in [1.82, 2.24) is 10.4 Å². The molecule has 0 saturated heterocycles. The first-order valence-corrected chi connectivity index (χ1v) is 7.34. The molecule has 0 saturated carbocycles. The molecule has 21 heavy (non-hydrogen) atoms. The Hall–Kier alpha value is -1.95. The number of nitrogens with zero attached hydrogens (tertiary/aromatic N) is 1. The predicted molar refractivity (Wildman–Crippen MR) is 89.5 cm³/mol. The van der Waals surface area contributed by atoms with Crippen LogP contribution in [0.25, 0.3) is 10.9 Å². The van der Waals surface area contributed by atoms with Crippen molar-refractivity contribution < 1.29 is 0 Å². The molecule has 1 unspecified atom stereocenters. The van der Waals surface area contributed by atoms with Gasteiger partial charge in [-0.1, -0.05) is 40.2 Å². The number of hydrogen-bond acceptors (Lipinski definition) is 4. The molecule has 0 aliphatic carbocycles. The zero-order chi connectivity index (χ0) is 14.8. The molecule has 3 aromatic rings. The molecule has 0 amide bonds. The van der Waals surface area contributed by atoms with Crippen molar-refractivity contribution in [2.75, 3.05) is 5.73 Å². The summed E-state index contributed by atoms with van der Waals surface area (Å²) < 4.78 is 0.958. The summed E-state index contributed by atoms with van der Waals surface area (Å²) in [5.41, 5.74) is 12.5. The number of para-hydroxylation sites is 1. The number of fused-ring (bicyclic) bond motifs is 1. The monoisotopic (exact) mass is 342 g/mol. The highest BCUT2D eigenvalue weighted by Crippen LogP contribution is 2.31. The van der Waals surface area contributed by atoms with Gasteiger partial charge in [-0.3, -0.25) is 10.8 Å². The molecular weight excluding hydrogens is 328 g/mol. The quantitative estimate of drug-likeness (QED) is 0.388. The molecule has 0 radical (unpaired) electrons. The van der Waals surface area contributed by atoms with Crippen LogP contribution < -0.4 is 17.0 Å². The molecule has 1 atom stereocenters. The van der Waals surface area contributed by atoms with Crippen LogP contribution in [0, 0.1) is 0 Å². The summed E-state index contributed by atoms with van der Waals surface area (Å²) in [6, 6.07) is 15.5. The normalized spacial score (nSPS) is 12.5. The van der Waals surface area contributed by atoms with E-state index in [4.69, 9.17) is 11.6 Å². The number of nitrogens with one attached hydrogen (secondary N) is 1. The van der Waals surface area contributed by atoms with Crippen LogP contribution >= 0.6 is 15.9 Å². The second kappa shape index (κ2) is 5.81. The van der Waals surface area contributed by atoms with Gasteiger partial charge < -0.3 is 5.73 Å². The van der Waals surface area contributed by atoms with Crippen LogP contribution in [-0.2, 0) is 0 Å². The Morgan fingerprint density at radius 2 is 1.86 bits per heavy atom. The van der Waals surface area contributed by atoms with Gasteiger partial charge in [-0.05, 0) is 29.8 Å². The van der Waals surface area contributed by atoms with Crippen LogP contribution in [0.3, 0.4) is 0 Å². The van der Waals surface area contributed by atoms with Crippen LogP contribution in [0.15, 0.2) is 59.2 Å². The van der Waals surface area contributed by atoms with E-state index in [1.807, 2.05) is 48.5 Å². The summed E-state index contributed by atoms with van der Waals surface area (Å²) in [7, 11) is 0. The third-order valence-corrected chi connectivity index (χ3v) is 3.99. The minimum absolute atomic E-state index is 0.221. The lowest BCUT2D eigenvalue weighted by atomic mass is 9.95. The molecule has 0 spiro atoms. The largest absolute Gasteiger partial charge is 0.398 e. The van der Waals surface area contributed by atoms with E-state index in [9.17, 15) is 0 Å². The van der Waals surface area contributed by atoms with Crippen molar-refractivity contribution in [3.63, 3.8) is 0 Å². The summed E-state index contributed by atoms with van der Waals surface area (Å²) in [5, 5.41) is 1.07. The van der Waals surface area contributed by atoms with Crippen molar-refractivity contribution in [3.05, 3.63) is 70.3 Å². The topological polar surface area (TPSA) is 77.0 Å². The molecule has 3 rings (SSSR count). The second-order valence-corrected chi connectivity index (χ2v) is 5.71. The fourth-order valence-corrected chi connectivity index (χ4v) is 2.88. The SMILES string of the molecule is NNC(c1cc(Br)ccc1N)c1cccc2cccnc12. The molecule has 5 heteroatoms. The van der Waals surface area contributed by atoms with Crippen molar-refractivity contribution in [1.29, 1.82) is 0 Å². The van der Waals surface area contributed by atoms with E-state index < -0.39 is 0 Å². The summed E-state index contributed by atoms with van der Waals surface area (Å²) in [6.45, 7) is 0. The first kappa shape index (κ1) is 14.0.